The Morgan fingerprint density at radius 1 is 0.903 bits per heavy atom. The minimum atomic E-state index is -3.22. The second kappa shape index (κ2) is 7.92. The predicted molar refractivity (Wildman–Crippen MR) is 128 cm³/mol. The molecular weight excluding hydrogens is 452 g/mol. The number of rotatable bonds is 5. The zero-order valence-electron chi connectivity index (χ0n) is 17.2. The molecule has 3 heterocycles. The van der Waals surface area contributed by atoms with Gasteiger partial charge in [0, 0.05) is 32.4 Å². The van der Waals surface area contributed by atoms with Crippen LogP contribution in [0.4, 0.5) is 10.3 Å². The molecule has 0 saturated carbocycles. The number of hydrogen-bond acceptors (Lipinski definition) is 9. The van der Waals surface area contributed by atoms with Crippen molar-refractivity contribution in [3.63, 3.8) is 0 Å². The van der Waals surface area contributed by atoms with Crippen LogP contribution in [0.5, 0.6) is 5.75 Å². The van der Waals surface area contributed by atoms with Crippen molar-refractivity contribution in [2.45, 2.75) is 11.8 Å². The highest BCUT2D eigenvalue weighted by Gasteiger charge is 2.22. The Balaban J connectivity index is 1.31. The van der Waals surface area contributed by atoms with Crippen molar-refractivity contribution < 1.29 is 13.2 Å². The van der Waals surface area contributed by atoms with Crippen LogP contribution in [0.3, 0.4) is 0 Å². The van der Waals surface area contributed by atoms with E-state index in [0.717, 1.165) is 62.6 Å². The van der Waals surface area contributed by atoms with Crippen LogP contribution < -0.4 is 14.5 Å². The highest BCUT2D eigenvalue weighted by molar-refractivity contribution is 7.90. The maximum absolute atomic E-state index is 11.8. The second-order valence-electron chi connectivity index (χ2n) is 7.43. The van der Waals surface area contributed by atoms with Crippen molar-refractivity contribution in [2.75, 3.05) is 48.8 Å². The Labute approximate surface area is 188 Å². The molecule has 0 atom stereocenters. The molecule has 1 aliphatic rings. The Morgan fingerprint density at radius 2 is 1.45 bits per heavy atom. The second-order valence-corrected chi connectivity index (χ2v) is 11.5. The van der Waals surface area contributed by atoms with Gasteiger partial charge in [-0.1, -0.05) is 22.7 Å². The molecule has 7 nitrogen and oxygen atoms in total. The van der Waals surface area contributed by atoms with E-state index in [4.69, 9.17) is 14.7 Å². The molecule has 0 bridgehead atoms. The lowest BCUT2D eigenvalue weighted by atomic mass is 10.3. The molecule has 2 aromatic carbocycles. The van der Waals surface area contributed by atoms with Gasteiger partial charge in [-0.05, 0) is 43.3 Å². The number of anilines is 2. The summed E-state index contributed by atoms with van der Waals surface area (Å²) in [5.74, 6) is 0.880. The Morgan fingerprint density at radius 3 is 2.00 bits per heavy atom. The third kappa shape index (κ3) is 4.07. The van der Waals surface area contributed by atoms with E-state index in [1.165, 1.54) is 6.26 Å². The molecule has 0 N–H and O–H groups in total. The molecule has 0 amide bonds. The van der Waals surface area contributed by atoms with Gasteiger partial charge in [-0.3, -0.25) is 0 Å². The van der Waals surface area contributed by atoms with Crippen molar-refractivity contribution in [1.82, 2.24) is 9.97 Å². The number of fused-ring (bicyclic) bond motifs is 2. The first-order valence-electron chi connectivity index (χ1n) is 10.0. The zero-order chi connectivity index (χ0) is 21.6. The van der Waals surface area contributed by atoms with Gasteiger partial charge < -0.3 is 14.5 Å². The molecule has 1 aliphatic heterocycles. The highest BCUT2D eigenvalue weighted by Crippen LogP contribution is 2.34. The van der Waals surface area contributed by atoms with Crippen LogP contribution in [0.25, 0.3) is 20.4 Å². The van der Waals surface area contributed by atoms with Gasteiger partial charge in [-0.2, -0.15) is 0 Å². The largest absolute Gasteiger partial charge is 0.494 e. The lowest BCUT2D eigenvalue weighted by molar-refractivity contribution is 0.341. The average molecular weight is 475 g/mol. The van der Waals surface area contributed by atoms with E-state index in [-0.39, 0.29) is 0 Å². The maximum atomic E-state index is 11.8. The molecule has 0 spiro atoms. The summed E-state index contributed by atoms with van der Waals surface area (Å²) in [7, 11) is -3.22. The minimum absolute atomic E-state index is 0.336. The SMILES string of the molecule is CCOc1ccc2nc(N3CCN(c4nc5ccc(S(C)(=O)=O)cc5s4)CC3)sc2c1. The molecule has 0 unspecified atom stereocenters. The molecule has 1 saturated heterocycles. The van der Waals surface area contributed by atoms with Crippen LogP contribution >= 0.6 is 22.7 Å². The number of hydrogen-bond donors (Lipinski definition) is 0. The van der Waals surface area contributed by atoms with Crippen molar-refractivity contribution in [3.8, 4) is 5.75 Å². The summed E-state index contributed by atoms with van der Waals surface area (Å²) in [6.07, 6.45) is 1.23. The van der Waals surface area contributed by atoms with Crippen LogP contribution in [0.2, 0.25) is 0 Å². The van der Waals surface area contributed by atoms with Gasteiger partial charge in [0.1, 0.15) is 5.75 Å². The van der Waals surface area contributed by atoms with E-state index in [2.05, 4.69) is 15.9 Å². The predicted octanol–water partition coefficient (Wildman–Crippen LogP) is 4.03. The van der Waals surface area contributed by atoms with Crippen LogP contribution in [0, 0.1) is 0 Å². The summed E-state index contributed by atoms with van der Waals surface area (Å²) in [4.78, 5) is 14.4. The molecule has 0 radical (unpaired) electrons. The summed E-state index contributed by atoms with van der Waals surface area (Å²) < 4.78 is 31.3. The fourth-order valence-electron chi connectivity index (χ4n) is 3.63. The van der Waals surface area contributed by atoms with Crippen molar-refractivity contribution in [3.05, 3.63) is 36.4 Å². The number of sulfone groups is 1. The lowest BCUT2D eigenvalue weighted by Gasteiger charge is -2.34. The summed E-state index contributed by atoms with van der Waals surface area (Å²) in [6, 6.07) is 11.2. The van der Waals surface area contributed by atoms with E-state index in [0.29, 0.717) is 11.5 Å². The van der Waals surface area contributed by atoms with Crippen molar-refractivity contribution in [1.29, 1.82) is 0 Å². The quantitative estimate of drug-likeness (QED) is 0.432. The topological polar surface area (TPSA) is 75.6 Å². The fourth-order valence-corrected chi connectivity index (χ4v) is 6.46. The van der Waals surface area contributed by atoms with Gasteiger partial charge in [0.05, 0.1) is 31.9 Å². The number of thiazole rings is 2. The van der Waals surface area contributed by atoms with E-state index < -0.39 is 9.84 Å². The summed E-state index contributed by atoms with van der Waals surface area (Å²) in [6.45, 7) is 6.06. The van der Waals surface area contributed by atoms with Crippen molar-refractivity contribution in [2.24, 2.45) is 0 Å². The van der Waals surface area contributed by atoms with E-state index in [1.807, 2.05) is 19.1 Å². The molecule has 10 heteroatoms. The smallest absolute Gasteiger partial charge is 0.186 e. The first kappa shape index (κ1) is 20.5. The zero-order valence-corrected chi connectivity index (χ0v) is 19.7. The van der Waals surface area contributed by atoms with E-state index >= 15 is 0 Å². The number of nitrogens with zero attached hydrogens (tertiary/aromatic N) is 4. The lowest BCUT2D eigenvalue weighted by Crippen LogP contribution is -2.46. The van der Waals surface area contributed by atoms with Gasteiger partial charge in [0.2, 0.25) is 0 Å². The van der Waals surface area contributed by atoms with Crippen LogP contribution in [0.15, 0.2) is 41.3 Å². The van der Waals surface area contributed by atoms with Gasteiger partial charge in [0.15, 0.2) is 20.1 Å². The number of ether oxygens (including phenoxy) is 1. The van der Waals surface area contributed by atoms with Gasteiger partial charge in [-0.15, -0.1) is 0 Å². The Bertz CT molecular complexity index is 1350. The molecule has 162 valence electrons. The van der Waals surface area contributed by atoms with Crippen LogP contribution in [-0.2, 0) is 9.84 Å². The average Bonchev–Trinajstić information content (AvgIpc) is 3.36. The molecule has 31 heavy (non-hydrogen) atoms. The van der Waals surface area contributed by atoms with Crippen LogP contribution in [-0.4, -0.2) is 57.4 Å². The fraction of sp³-hybridized carbons (Fsp3) is 0.333. The third-order valence-electron chi connectivity index (χ3n) is 5.26. The summed E-state index contributed by atoms with van der Waals surface area (Å²) in [5.41, 5.74) is 1.84. The third-order valence-corrected chi connectivity index (χ3v) is 8.53. The van der Waals surface area contributed by atoms with E-state index in [1.54, 1.807) is 40.9 Å². The molecule has 4 aromatic rings. The van der Waals surface area contributed by atoms with E-state index in [9.17, 15) is 8.42 Å². The number of benzene rings is 2. The molecule has 0 aliphatic carbocycles. The molecule has 5 rings (SSSR count). The maximum Gasteiger partial charge on any atom is 0.186 e. The normalized spacial score (nSPS) is 15.2. The van der Waals surface area contributed by atoms with Crippen molar-refractivity contribution >= 4 is 63.2 Å². The minimum Gasteiger partial charge on any atom is -0.494 e. The number of aromatic nitrogens is 2. The molecule has 1 fully saturated rings. The first-order valence-corrected chi connectivity index (χ1v) is 13.6. The highest BCUT2D eigenvalue weighted by atomic mass is 32.2. The Hall–Kier alpha value is -2.43. The standard InChI is InChI=1S/C21H22N4O3S3/c1-3-28-14-4-6-16-18(12-14)29-20(22-16)24-8-10-25(11-9-24)21-23-17-7-5-15(31(2,26)27)13-19(17)30-21/h4-7,12-13H,3,8-11H2,1-2H3. The monoisotopic (exact) mass is 474 g/mol. The van der Waals surface area contributed by atoms with Gasteiger partial charge >= 0.3 is 0 Å². The summed E-state index contributed by atoms with van der Waals surface area (Å²) >= 11 is 3.24. The first-order chi connectivity index (χ1) is 14.9. The van der Waals surface area contributed by atoms with Gasteiger partial charge in [0.25, 0.3) is 0 Å². The Kier molecular flexibility index (Phi) is 5.23. The van der Waals surface area contributed by atoms with Crippen LogP contribution in [0.1, 0.15) is 6.92 Å². The molecular formula is C21H22N4O3S3. The van der Waals surface area contributed by atoms with Gasteiger partial charge in [-0.25, -0.2) is 18.4 Å². The number of piperazine rings is 1. The molecule has 2 aromatic heterocycles. The summed E-state index contributed by atoms with van der Waals surface area (Å²) in [5, 5.41) is 1.97.